The molecule has 2 fully saturated rings. The third-order valence-electron chi connectivity index (χ3n) is 9.68. The Hall–Kier alpha value is -1.97. The van der Waals surface area contributed by atoms with Gasteiger partial charge >= 0.3 is 5.97 Å². The Morgan fingerprint density at radius 3 is 2.43 bits per heavy atom. The van der Waals surface area contributed by atoms with Crippen molar-refractivity contribution >= 4 is 17.5 Å². The minimum absolute atomic E-state index is 0.00172. The highest BCUT2D eigenvalue weighted by molar-refractivity contribution is 6.22. The molecule has 6 aliphatic rings. The van der Waals surface area contributed by atoms with Crippen molar-refractivity contribution in [3.63, 3.8) is 0 Å². The SMILES string of the molecule is CC(C)C1=C[C@@]23CC[C@H]4C(C)(C(=O)O)CCC[C@]4(C)[C@H]2C[C@@H]1C1=C3C(=O)C=CC1=O. The maximum Gasteiger partial charge on any atom is 0.309 e. The fourth-order valence-corrected chi connectivity index (χ4v) is 8.43. The molecule has 0 aromatic carbocycles. The van der Waals surface area contributed by atoms with Gasteiger partial charge < -0.3 is 5.11 Å². The number of rotatable bonds is 2. The molecule has 6 rings (SSSR count). The Kier molecular flexibility index (Phi) is 4.02. The lowest BCUT2D eigenvalue weighted by Gasteiger charge is -2.66. The van der Waals surface area contributed by atoms with Crippen LogP contribution in [0.4, 0.5) is 0 Å². The quantitative estimate of drug-likeness (QED) is 0.521. The van der Waals surface area contributed by atoms with E-state index in [-0.39, 0.29) is 34.7 Å². The highest BCUT2D eigenvalue weighted by Gasteiger charge is 2.67. The number of carbonyl (C=O) groups is 3. The van der Waals surface area contributed by atoms with Gasteiger partial charge in [0.15, 0.2) is 11.6 Å². The number of carbonyl (C=O) groups excluding carboxylic acids is 2. The van der Waals surface area contributed by atoms with E-state index in [0.717, 1.165) is 49.7 Å². The van der Waals surface area contributed by atoms with Crippen LogP contribution in [0.15, 0.2) is 34.9 Å². The summed E-state index contributed by atoms with van der Waals surface area (Å²) in [6.45, 7) is 8.59. The molecule has 30 heavy (non-hydrogen) atoms. The molecule has 6 aliphatic carbocycles. The van der Waals surface area contributed by atoms with Gasteiger partial charge in [-0.05, 0) is 74.3 Å². The van der Waals surface area contributed by atoms with E-state index in [2.05, 4.69) is 26.8 Å². The van der Waals surface area contributed by atoms with Crippen molar-refractivity contribution in [2.75, 3.05) is 0 Å². The molecule has 1 N–H and O–H groups in total. The summed E-state index contributed by atoms with van der Waals surface area (Å²) >= 11 is 0. The molecule has 1 unspecified atom stereocenters. The molecule has 0 aromatic rings. The van der Waals surface area contributed by atoms with Crippen LogP contribution in [0.1, 0.15) is 66.2 Å². The molecule has 2 saturated carbocycles. The first-order chi connectivity index (χ1) is 14.1. The average Bonchev–Trinajstić information content (AvgIpc) is 2.69. The summed E-state index contributed by atoms with van der Waals surface area (Å²) in [4.78, 5) is 38.5. The first-order valence-electron chi connectivity index (χ1n) is 11.5. The molecule has 2 bridgehead atoms. The van der Waals surface area contributed by atoms with Crippen molar-refractivity contribution in [2.24, 2.45) is 39.9 Å². The lowest BCUT2D eigenvalue weighted by molar-refractivity contribution is -0.175. The van der Waals surface area contributed by atoms with E-state index < -0.39 is 16.8 Å². The number of carboxylic acid groups (broad SMARTS) is 1. The van der Waals surface area contributed by atoms with E-state index in [1.54, 1.807) is 0 Å². The van der Waals surface area contributed by atoms with Crippen molar-refractivity contribution in [2.45, 2.75) is 66.2 Å². The van der Waals surface area contributed by atoms with E-state index >= 15 is 0 Å². The van der Waals surface area contributed by atoms with Gasteiger partial charge in [0.25, 0.3) is 0 Å². The summed E-state index contributed by atoms with van der Waals surface area (Å²) < 4.78 is 0. The number of allylic oxidation sites excluding steroid dienone is 6. The predicted octanol–water partition coefficient (Wildman–Crippen LogP) is 4.90. The van der Waals surface area contributed by atoms with Crippen molar-refractivity contribution < 1.29 is 19.5 Å². The van der Waals surface area contributed by atoms with Crippen LogP contribution in [0.5, 0.6) is 0 Å². The second-order valence-electron chi connectivity index (χ2n) is 11.2. The maximum atomic E-state index is 13.2. The fraction of sp³-hybridized carbons (Fsp3) is 0.654. The molecular weight excluding hydrogens is 376 g/mol. The van der Waals surface area contributed by atoms with Gasteiger partial charge in [-0.1, -0.05) is 38.8 Å². The second kappa shape index (κ2) is 6.05. The Morgan fingerprint density at radius 1 is 1.07 bits per heavy atom. The van der Waals surface area contributed by atoms with Crippen LogP contribution in [0.3, 0.4) is 0 Å². The number of hydrogen-bond donors (Lipinski definition) is 1. The van der Waals surface area contributed by atoms with E-state index in [4.69, 9.17) is 0 Å². The number of aliphatic carboxylic acids is 1. The summed E-state index contributed by atoms with van der Waals surface area (Å²) in [6, 6.07) is 0. The predicted molar refractivity (Wildman–Crippen MR) is 114 cm³/mol. The monoisotopic (exact) mass is 408 g/mol. The normalized spacial score (nSPS) is 44.6. The zero-order valence-electron chi connectivity index (χ0n) is 18.5. The molecule has 6 atom stereocenters. The molecule has 4 heteroatoms. The molecule has 0 heterocycles. The Morgan fingerprint density at radius 2 is 1.77 bits per heavy atom. The largest absolute Gasteiger partial charge is 0.481 e. The molecule has 0 radical (unpaired) electrons. The lowest BCUT2D eigenvalue weighted by Crippen LogP contribution is -2.62. The molecule has 160 valence electrons. The topological polar surface area (TPSA) is 71.4 Å². The summed E-state index contributed by atoms with van der Waals surface area (Å²) in [7, 11) is 0. The molecule has 0 saturated heterocycles. The molecule has 1 spiro atoms. The third kappa shape index (κ3) is 2.20. The molecule has 0 aliphatic heterocycles. The smallest absolute Gasteiger partial charge is 0.309 e. The van der Waals surface area contributed by atoms with Gasteiger partial charge in [0.05, 0.1) is 5.41 Å². The van der Waals surface area contributed by atoms with Crippen LogP contribution in [-0.2, 0) is 14.4 Å². The van der Waals surface area contributed by atoms with Crippen molar-refractivity contribution in [1.82, 2.24) is 0 Å². The van der Waals surface area contributed by atoms with Gasteiger partial charge in [-0.15, -0.1) is 0 Å². The molecule has 4 nitrogen and oxygen atoms in total. The number of hydrogen-bond acceptors (Lipinski definition) is 3. The molecule has 0 aromatic heterocycles. The van der Waals surface area contributed by atoms with Gasteiger partial charge in [-0.2, -0.15) is 0 Å². The van der Waals surface area contributed by atoms with Crippen LogP contribution >= 0.6 is 0 Å². The maximum absolute atomic E-state index is 13.2. The highest BCUT2D eigenvalue weighted by atomic mass is 16.4. The molecule has 0 amide bonds. The van der Waals surface area contributed by atoms with Crippen LogP contribution in [0.2, 0.25) is 0 Å². The summed E-state index contributed by atoms with van der Waals surface area (Å²) in [5.74, 6) is -0.0188. The minimum Gasteiger partial charge on any atom is -0.481 e. The average molecular weight is 409 g/mol. The van der Waals surface area contributed by atoms with Gasteiger partial charge in [0, 0.05) is 22.5 Å². The van der Waals surface area contributed by atoms with Crippen LogP contribution in [0, 0.1) is 39.9 Å². The second-order valence-corrected chi connectivity index (χ2v) is 11.2. The summed E-state index contributed by atoms with van der Waals surface area (Å²) in [6.07, 6.45) is 10.4. The number of ketones is 2. The van der Waals surface area contributed by atoms with E-state index in [9.17, 15) is 19.5 Å². The minimum atomic E-state index is -0.709. The van der Waals surface area contributed by atoms with Crippen LogP contribution in [0.25, 0.3) is 0 Å². The van der Waals surface area contributed by atoms with Crippen LogP contribution < -0.4 is 0 Å². The van der Waals surface area contributed by atoms with E-state index in [1.165, 1.54) is 17.7 Å². The third-order valence-corrected chi connectivity index (χ3v) is 9.68. The number of fused-ring (bicyclic) bond motifs is 1. The Balaban J connectivity index is 1.71. The van der Waals surface area contributed by atoms with Gasteiger partial charge in [0.1, 0.15) is 0 Å². The summed E-state index contributed by atoms with van der Waals surface area (Å²) in [5, 5.41) is 10.1. The molecular formula is C26H32O4. The van der Waals surface area contributed by atoms with E-state index in [1.807, 2.05) is 6.92 Å². The van der Waals surface area contributed by atoms with E-state index in [0.29, 0.717) is 5.92 Å². The Labute approximate surface area is 178 Å². The lowest BCUT2D eigenvalue weighted by atomic mass is 9.36. The van der Waals surface area contributed by atoms with Crippen molar-refractivity contribution in [1.29, 1.82) is 0 Å². The first kappa shape index (κ1) is 20.0. The van der Waals surface area contributed by atoms with Gasteiger partial charge in [-0.25, -0.2) is 0 Å². The standard InChI is InChI=1S/C26H32O4/c1-14(2)16-13-26-11-8-19-24(3,9-5-10-25(19,4)23(29)30)20(26)12-15(16)21-17(27)6-7-18(28)22(21)26/h6-7,13-15,19-20H,5,8-12H2,1-4H3,(H,29,30)/t15-,19+,20+,24-,25?,26-/m0/s1. The Bertz CT molecular complexity index is 966. The van der Waals surface area contributed by atoms with Crippen LogP contribution in [-0.4, -0.2) is 22.6 Å². The van der Waals surface area contributed by atoms with Gasteiger partial charge in [0.2, 0.25) is 0 Å². The zero-order chi connectivity index (χ0) is 21.6. The van der Waals surface area contributed by atoms with Gasteiger partial charge in [-0.3, -0.25) is 14.4 Å². The van der Waals surface area contributed by atoms with Crippen molar-refractivity contribution in [3.05, 3.63) is 34.9 Å². The number of carboxylic acids is 1. The zero-order valence-corrected chi connectivity index (χ0v) is 18.5. The fourth-order valence-electron chi connectivity index (χ4n) is 8.43. The first-order valence-corrected chi connectivity index (χ1v) is 11.5. The highest BCUT2D eigenvalue weighted by Crippen LogP contribution is 2.72. The summed E-state index contributed by atoms with van der Waals surface area (Å²) in [5.41, 5.74) is 1.55. The van der Waals surface area contributed by atoms with Crippen molar-refractivity contribution in [3.8, 4) is 0 Å².